The van der Waals surface area contributed by atoms with Crippen molar-refractivity contribution >= 4 is 38.3 Å². The van der Waals surface area contributed by atoms with Crippen LogP contribution in [0.15, 0.2) is 45.8 Å². The lowest BCUT2D eigenvalue weighted by Gasteiger charge is -2.17. The smallest absolute Gasteiger partial charge is 0.265 e. The highest BCUT2D eigenvalue weighted by atomic mass is 35.5. The Morgan fingerprint density at radius 3 is 2.71 bits per heavy atom. The Labute approximate surface area is 197 Å². The fourth-order valence-electron chi connectivity index (χ4n) is 4.13. The Morgan fingerprint density at radius 1 is 1.15 bits per heavy atom. The molecule has 3 aromatic carbocycles. The van der Waals surface area contributed by atoms with Gasteiger partial charge >= 0.3 is 0 Å². The molecule has 0 aliphatic carbocycles. The van der Waals surface area contributed by atoms with Gasteiger partial charge in [-0.3, -0.25) is 4.72 Å². The third-order valence-electron chi connectivity index (χ3n) is 5.76. The second-order valence-electron chi connectivity index (χ2n) is 7.84. The summed E-state index contributed by atoms with van der Waals surface area (Å²) in [6.07, 6.45) is 1.20. The third-order valence-corrected chi connectivity index (χ3v) is 7.49. The van der Waals surface area contributed by atoms with E-state index in [9.17, 15) is 17.9 Å². The van der Waals surface area contributed by atoms with Crippen LogP contribution >= 0.6 is 11.6 Å². The van der Waals surface area contributed by atoms with Gasteiger partial charge in [0.1, 0.15) is 27.3 Å². The number of aromatic nitrogens is 1. The van der Waals surface area contributed by atoms with E-state index in [4.69, 9.17) is 20.9 Å². The largest absolute Gasteiger partial charge is 0.505 e. The normalized spacial score (nSPS) is 14.9. The number of fused-ring (bicyclic) bond motifs is 5. The molecule has 0 saturated heterocycles. The van der Waals surface area contributed by atoms with Crippen molar-refractivity contribution in [3.63, 3.8) is 0 Å². The predicted octanol–water partition coefficient (Wildman–Crippen LogP) is 5.43. The van der Waals surface area contributed by atoms with Gasteiger partial charge in [0.2, 0.25) is 0 Å². The van der Waals surface area contributed by atoms with Crippen LogP contribution in [-0.2, 0) is 22.9 Å². The summed E-state index contributed by atoms with van der Waals surface area (Å²) in [5, 5.41) is 14.5. The second-order valence-corrected chi connectivity index (χ2v) is 9.86. The van der Waals surface area contributed by atoms with Crippen LogP contribution in [0.1, 0.15) is 17.7 Å². The Morgan fingerprint density at radius 2 is 1.94 bits per heavy atom. The molecule has 2 N–H and O–H groups in total. The van der Waals surface area contributed by atoms with Gasteiger partial charge in [-0.05, 0) is 54.7 Å². The fourth-order valence-corrected chi connectivity index (χ4v) is 5.61. The quantitative estimate of drug-likeness (QED) is 0.357. The van der Waals surface area contributed by atoms with Crippen molar-refractivity contribution < 1.29 is 31.6 Å². The number of nitrogens with one attached hydrogen (secondary N) is 1. The summed E-state index contributed by atoms with van der Waals surface area (Å²) in [6.45, 7) is 0. The van der Waals surface area contributed by atoms with Crippen LogP contribution < -0.4 is 9.46 Å². The molecule has 0 unspecified atom stereocenters. The molecule has 176 valence electrons. The molecular weight excluding hydrogens is 490 g/mol. The predicted molar refractivity (Wildman–Crippen MR) is 122 cm³/mol. The van der Waals surface area contributed by atoms with Crippen molar-refractivity contribution in [2.75, 3.05) is 11.8 Å². The molecule has 1 aromatic heterocycles. The van der Waals surface area contributed by atoms with E-state index in [0.29, 0.717) is 41.5 Å². The van der Waals surface area contributed by atoms with E-state index in [1.807, 2.05) is 0 Å². The molecule has 0 saturated carbocycles. The van der Waals surface area contributed by atoms with E-state index >= 15 is 4.39 Å². The maximum atomic E-state index is 15.1. The van der Waals surface area contributed by atoms with E-state index in [1.165, 1.54) is 37.4 Å². The molecule has 34 heavy (non-hydrogen) atoms. The van der Waals surface area contributed by atoms with Gasteiger partial charge in [-0.1, -0.05) is 22.8 Å². The highest BCUT2D eigenvalue weighted by Gasteiger charge is 2.28. The standard InChI is InChI=1S/C23H17ClF2N2O5S/c1-32-19-10-16(26)14-8-18(19)28-34(30,31)20-9-15-17(27-33-23(15)21(24)22(20)29)4-2-3-11-7-12(25)5-6-13(11)14/h5-10,28-29H,2-4H2,1H3. The second kappa shape index (κ2) is 8.14. The number of nitrogens with zero attached hydrogens (tertiary/aromatic N) is 1. The number of phenolic OH excluding ortho intramolecular Hbond substituents is 1. The van der Waals surface area contributed by atoms with Gasteiger partial charge in [-0.15, -0.1) is 0 Å². The molecule has 4 bridgehead atoms. The maximum Gasteiger partial charge on any atom is 0.265 e. The molecule has 1 aliphatic rings. The Hall–Kier alpha value is -3.37. The molecule has 4 aromatic rings. The van der Waals surface area contributed by atoms with Crippen molar-refractivity contribution in [2.45, 2.75) is 24.2 Å². The van der Waals surface area contributed by atoms with Crippen molar-refractivity contribution in [1.29, 1.82) is 0 Å². The van der Waals surface area contributed by atoms with Crippen LogP contribution in [0.2, 0.25) is 5.02 Å². The number of benzene rings is 3. The van der Waals surface area contributed by atoms with E-state index in [0.717, 1.165) is 6.07 Å². The lowest BCUT2D eigenvalue weighted by atomic mass is 9.94. The summed E-state index contributed by atoms with van der Waals surface area (Å²) in [5.41, 5.74) is 1.41. The lowest BCUT2D eigenvalue weighted by Crippen LogP contribution is -2.14. The zero-order chi connectivity index (χ0) is 24.2. The molecule has 1 aliphatic heterocycles. The van der Waals surface area contributed by atoms with Gasteiger partial charge in [0.05, 0.1) is 18.5 Å². The van der Waals surface area contributed by atoms with Gasteiger partial charge in [-0.25, -0.2) is 17.2 Å². The number of hydrogen-bond donors (Lipinski definition) is 2. The first-order valence-electron chi connectivity index (χ1n) is 10.2. The number of aryl methyl sites for hydroxylation is 2. The van der Waals surface area contributed by atoms with Crippen LogP contribution in [0.25, 0.3) is 22.1 Å². The molecule has 11 heteroatoms. The number of aromatic hydroxyl groups is 1. The third kappa shape index (κ3) is 3.63. The van der Waals surface area contributed by atoms with E-state index in [-0.39, 0.29) is 27.6 Å². The molecule has 5 rings (SSSR count). The molecule has 0 fully saturated rings. The summed E-state index contributed by atoms with van der Waals surface area (Å²) in [4.78, 5) is -0.498. The first kappa shape index (κ1) is 22.4. The molecule has 0 atom stereocenters. The maximum absolute atomic E-state index is 15.1. The minimum atomic E-state index is -4.42. The van der Waals surface area contributed by atoms with Crippen LogP contribution in [0, 0.1) is 11.6 Å². The van der Waals surface area contributed by atoms with Gasteiger partial charge in [0.25, 0.3) is 10.0 Å². The molecule has 0 amide bonds. The Kier molecular flexibility index (Phi) is 5.37. The van der Waals surface area contributed by atoms with Crippen molar-refractivity contribution in [1.82, 2.24) is 5.16 Å². The van der Waals surface area contributed by atoms with E-state index in [1.54, 1.807) is 0 Å². The number of phenols is 1. The van der Waals surface area contributed by atoms with Crippen molar-refractivity contribution in [3.05, 3.63) is 64.3 Å². The number of rotatable bonds is 1. The topological polar surface area (TPSA) is 102 Å². The number of halogens is 3. The first-order chi connectivity index (χ1) is 16.2. The first-order valence-corrected chi connectivity index (χ1v) is 12.0. The Bertz CT molecular complexity index is 1570. The highest BCUT2D eigenvalue weighted by molar-refractivity contribution is 7.92. The fraction of sp³-hybridized carbons (Fsp3) is 0.174. The number of ether oxygens (including phenoxy) is 1. The minimum Gasteiger partial charge on any atom is -0.505 e. The number of sulfonamides is 1. The van der Waals surface area contributed by atoms with Gasteiger partial charge in [-0.2, -0.15) is 0 Å². The van der Waals surface area contributed by atoms with Crippen LogP contribution in [0.4, 0.5) is 14.5 Å². The summed E-state index contributed by atoms with van der Waals surface area (Å²) in [5.74, 6) is -1.95. The van der Waals surface area contributed by atoms with Gasteiger partial charge < -0.3 is 14.4 Å². The van der Waals surface area contributed by atoms with Gasteiger partial charge in [0, 0.05) is 17.0 Å². The van der Waals surface area contributed by atoms with E-state index in [2.05, 4.69) is 9.88 Å². The molecule has 0 radical (unpaired) electrons. The number of anilines is 1. The zero-order valence-electron chi connectivity index (χ0n) is 17.7. The average Bonchev–Trinajstić information content (AvgIpc) is 3.20. The zero-order valence-corrected chi connectivity index (χ0v) is 19.2. The number of methoxy groups -OCH3 is 1. The van der Waals surface area contributed by atoms with Crippen LogP contribution in [0.3, 0.4) is 0 Å². The average molecular weight is 507 g/mol. The summed E-state index contributed by atoms with van der Waals surface area (Å²) >= 11 is 6.20. The highest BCUT2D eigenvalue weighted by Crippen LogP contribution is 2.42. The Balaban J connectivity index is 1.80. The summed E-state index contributed by atoms with van der Waals surface area (Å²) in [7, 11) is -3.16. The number of hydrogen-bond acceptors (Lipinski definition) is 6. The molecule has 2 heterocycles. The van der Waals surface area contributed by atoms with Crippen molar-refractivity contribution in [3.8, 4) is 22.6 Å². The van der Waals surface area contributed by atoms with Crippen LogP contribution in [-0.4, -0.2) is 25.8 Å². The summed E-state index contributed by atoms with van der Waals surface area (Å²) < 4.78 is 68.5. The SMILES string of the molecule is COc1cc(F)c2cc1NS(=O)(=O)c1cc3c(noc3c(Cl)c1O)CCCc1cc(F)ccc1-2. The van der Waals surface area contributed by atoms with Crippen molar-refractivity contribution in [2.24, 2.45) is 0 Å². The van der Waals surface area contributed by atoms with Gasteiger partial charge in [0.15, 0.2) is 11.3 Å². The lowest BCUT2D eigenvalue weighted by molar-refractivity contribution is 0.413. The molecule has 0 spiro atoms. The minimum absolute atomic E-state index is 0.0494. The monoisotopic (exact) mass is 506 g/mol. The molecule has 7 nitrogen and oxygen atoms in total. The summed E-state index contributed by atoms with van der Waals surface area (Å²) in [6, 6.07) is 7.52. The molecular formula is C23H17ClF2N2O5S. The van der Waals surface area contributed by atoms with E-state index < -0.39 is 32.3 Å². The van der Waals surface area contributed by atoms with Crippen LogP contribution in [0.5, 0.6) is 11.5 Å².